The number of hydrogen-bond donors (Lipinski definition) is 3. The molecule has 0 unspecified atom stereocenters. The molecule has 0 saturated carbocycles. The van der Waals surface area contributed by atoms with Gasteiger partial charge in [0.05, 0.1) is 29.5 Å². The van der Waals surface area contributed by atoms with Crippen molar-refractivity contribution in [3.05, 3.63) is 53.1 Å². The van der Waals surface area contributed by atoms with Crippen molar-refractivity contribution >= 4 is 46.2 Å². The first-order valence-corrected chi connectivity index (χ1v) is 8.93. The van der Waals surface area contributed by atoms with Gasteiger partial charge in [0.1, 0.15) is 5.75 Å². The highest BCUT2D eigenvalue weighted by Gasteiger charge is 2.14. The van der Waals surface area contributed by atoms with Gasteiger partial charge in [0, 0.05) is 5.02 Å². The number of H-pyrrole nitrogens is 1. The minimum absolute atomic E-state index is 0.0901. The van der Waals surface area contributed by atoms with Gasteiger partial charge >= 0.3 is 0 Å². The second kappa shape index (κ2) is 8.11. The number of nitrogens with zero attached hydrogens (tertiary/aromatic N) is 1. The first-order valence-electron chi connectivity index (χ1n) is 7.57. The van der Waals surface area contributed by atoms with E-state index in [1.165, 1.54) is 24.9 Å². The van der Waals surface area contributed by atoms with Gasteiger partial charge in [-0.3, -0.25) is 20.4 Å². The molecule has 3 N–H and O–H groups in total. The molecule has 2 aromatic carbocycles. The van der Waals surface area contributed by atoms with Crippen LogP contribution in [0.1, 0.15) is 10.4 Å². The third-order valence-corrected chi connectivity index (χ3v) is 4.54. The van der Waals surface area contributed by atoms with Gasteiger partial charge in [0.2, 0.25) is 5.91 Å². The van der Waals surface area contributed by atoms with Crippen molar-refractivity contribution in [2.75, 3.05) is 12.9 Å². The van der Waals surface area contributed by atoms with E-state index >= 15 is 0 Å². The number of fused-ring (bicyclic) bond motifs is 1. The zero-order valence-electron chi connectivity index (χ0n) is 13.7. The summed E-state index contributed by atoms with van der Waals surface area (Å²) < 4.78 is 5.11. The van der Waals surface area contributed by atoms with Crippen LogP contribution in [0.4, 0.5) is 0 Å². The number of imidazole rings is 1. The van der Waals surface area contributed by atoms with E-state index in [1.807, 2.05) is 24.3 Å². The van der Waals surface area contributed by atoms with Gasteiger partial charge in [-0.1, -0.05) is 35.5 Å². The van der Waals surface area contributed by atoms with Crippen LogP contribution in [0.15, 0.2) is 47.6 Å². The van der Waals surface area contributed by atoms with Gasteiger partial charge in [-0.2, -0.15) is 0 Å². The predicted octanol–water partition coefficient (Wildman–Crippen LogP) is 2.78. The van der Waals surface area contributed by atoms with E-state index in [9.17, 15) is 9.59 Å². The Bertz CT molecular complexity index is 927. The summed E-state index contributed by atoms with van der Waals surface area (Å²) in [4.78, 5) is 31.6. The van der Waals surface area contributed by atoms with E-state index in [1.54, 1.807) is 12.1 Å². The molecule has 0 aliphatic heterocycles. The average Bonchev–Trinajstić information content (AvgIpc) is 3.07. The Labute approximate surface area is 158 Å². The van der Waals surface area contributed by atoms with E-state index in [4.69, 9.17) is 16.3 Å². The van der Waals surface area contributed by atoms with E-state index < -0.39 is 5.91 Å². The fourth-order valence-electron chi connectivity index (χ4n) is 2.22. The normalized spacial score (nSPS) is 10.5. The van der Waals surface area contributed by atoms with Gasteiger partial charge in [0.25, 0.3) is 5.91 Å². The number of amides is 2. The lowest BCUT2D eigenvalue weighted by Crippen LogP contribution is -2.42. The summed E-state index contributed by atoms with van der Waals surface area (Å²) in [6, 6.07) is 12.2. The number of rotatable bonds is 5. The Hall–Kier alpha value is -2.71. The molecular weight excluding hydrogens is 376 g/mol. The molecule has 0 spiro atoms. The fraction of sp³-hybridized carbons (Fsp3) is 0.118. The molecule has 0 atom stereocenters. The molecule has 1 aromatic heterocycles. The maximum absolute atomic E-state index is 12.2. The number of aromatic amines is 1. The SMILES string of the molecule is COc1ccc(Cl)cc1C(=O)NNC(=O)CSc1nc2ccccc2[nH]1. The minimum atomic E-state index is -0.522. The lowest BCUT2D eigenvalue weighted by Gasteiger charge is -2.10. The van der Waals surface area contributed by atoms with Crippen molar-refractivity contribution in [2.24, 2.45) is 0 Å². The van der Waals surface area contributed by atoms with Crippen LogP contribution in [-0.4, -0.2) is 34.6 Å². The van der Waals surface area contributed by atoms with Crippen molar-refractivity contribution in [1.82, 2.24) is 20.8 Å². The topological polar surface area (TPSA) is 96.1 Å². The maximum atomic E-state index is 12.2. The number of aromatic nitrogens is 2. The van der Waals surface area contributed by atoms with Crippen LogP contribution in [0, 0.1) is 0 Å². The average molecular weight is 391 g/mol. The lowest BCUT2D eigenvalue weighted by atomic mass is 10.2. The highest BCUT2D eigenvalue weighted by Crippen LogP contribution is 2.22. The second-order valence-electron chi connectivity index (χ2n) is 5.19. The Morgan fingerprint density at radius 3 is 2.81 bits per heavy atom. The van der Waals surface area contributed by atoms with E-state index in [0.29, 0.717) is 15.9 Å². The number of para-hydroxylation sites is 2. The maximum Gasteiger partial charge on any atom is 0.273 e. The van der Waals surface area contributed by atoms with Crippen LogP contribution >= 0.6 is 23.4 Å². The largest absolute Gasteiger partial charge is 0.496 e. The van der Waals surface area contributed by atoms with Gasteiger partial charge in [-0.15, -0.1) is 0 Å². The van der Waals surface area contributed by atoms with Crippen LogP contribution in [0.5, 0.6) is 5.75 Å². The van der Waals surface area contributed by atoms with Crippen LogP contribution in [0.25, 0.3) is 11.0 Å². The van der Waals surface area contributed by atoms with Gasteiger partial charge in [0.15, 0.2) is 5.16 Å². The molecule has 7 nitrogen and oxygen atoms in total. The van der Waals surface area contributed by atoms with Crippen LogP contribution in [0.2, 0.25) is 5.02 Å². The monoisotopic (exact) mass is 390 g/mol. The van der Waals surface area contributed by atoms with Gasteiger partial charge in [-0.05, 0) is 30.3 Å². The molecule has 0 fully saturated rings. The summed E-state index contributed by atoms with van der Waals surface area (Å²) >= 11 is 7.13. The second-order valence-corrected chi connectivity index (χ2v) is 6.60. The predicted molar refractivity (Wildman–Crippen MR) is 100 cm³/mol. The Balaban J connectivity index is 1.54. The van der Waals surface area contributed by atoms with Crippen LogP contribution in [0.3, 0.4) is 0 Å². The number of halogens is 1. The Kier molecular flexibility index (Phi) is 5.65. The number of hydrazine groups is 1. The highest BCUT2D eigenvalue weighted by atomic mass is 35.5. The number of carbonyl (C=O) groups is 2. The first-order chi connectivity index (χ1) is 12.6. The summed E-state index contributed by atoms with van der Waals surface area (Å²) in [7, 11) is 1.45. The Morgan fingerprint density at radius 2 is 2.04 bits per heavy atom. The molecule has 3 rings (SSSR count). The number of nitrogens with one attached hydrogen (secondary N) is 3. The first kappa shape index (κ1) is 18.1. The standard InChI is InChI=1S/C17H15ClN4O3S/c1-25-14-7-6-10(18)8-11(14)16(24)22-21-15(23)9-26-17-19-12-4-2-3-5-13(12)20-17/h2-8H,9H2,1H3,(H,19,20)(H,21,23)(H,22,24). The van der Waals surface area contributed by atoms with Crippen molar-refractivity contribution in [3.8, 4) is 5.75 Å². The minimum Gasteiger partial charge on any atom is -0.496 e. The van der Waals surface area contributed by atoms with E-state index in [-0.39, 0.29) is 17.2 Å². The lowest BCUT2D eigenvalue weighted by molar-refractivity contribution is -0.119. The van der Waals surface area contributed by atoms with Crippen LogP contribution < -0.4 is 15.6 Å². The molecule has 0 bridgehead atoms. The number of thioether (sulfide) groups is 1. The molecule has 2 amide bonds. The van der Waals surface area contributed by atoms with Gasteiger partial charge < -0.3 is 9.72 Å². The molecule has 0 radical (unpaired) electrons. The number of ether oxygens (including phenoxy) is 1. The van der Waals surface area contributed by atoms with Crippen molar-refractivity contribution in [3.63, 3.8) is 0 Å². The van der Waals surface area contributed by atoms with E-state index in [2.05, 4.69) is 20.8 Å². The van der Waals surface area contributed by atoms with E-state index in [0.717, 1.165) is 11.0 Å². The molecule has 0 aliphatic carbocycles. The molecule has 3 aromatic rings. The van der Waals surface area contributed by atoms with Crippen molar-refractivity contribution in [1.29, 1.82) is 0 Å². The summed E-state index contributed by atoms with van der Waals surface area (Å²) in [6.07, 6.45) is 0. The molecule has 9 heteroatoms. The summed E-state index contributed by atoms with van der Waals surface area (Å²) in [5, 5.41) is 1.02. The molecule has 1 heterocycles. The quantitative estimate of drug-likeness (QED) is 0.460. The number of hydrogen-bond acceptors (Lipinski definition) is 5. The molecule has 0 aliphatic rings. The highest BCUT2D eigenvalue weighted by molar-refractivity contribution is 7.99. The summed E-state index contributed by atoms with van der Waals surface area (Å²) in [6.45, 7) is 0. The van der Waals surface area contributed by atoms with Crippen molar-refractivity contribution in [2.45, 2.75) is 5.16 Å². The molecular formula is C17H15ClN4O3S. The number of benzene rings is 2. The third-order valence-electron chi connectivity index (χ3n) is 3.43. The van der Waals surface area contributed by atoms with Crippen molar-refractivity contribution < 1.29 is 14.3 Å². The smallest absolute Gasteiger partial charge is 0.273 e. The zero-order valence-corrected chi connectivity index (χ0v) is 15.3. The third kappa shape index (κ3) is 4.27. The summed E-state index contributed by atoms with van der Waals surface area (Å²) in [5.41, 5.74) is 6.66. The Morgan fingerprint density at radius 1 is 1.23 bits per heavy atom. The number of carbonyl (C=O) groups excluding carboxylic acids is 2. The molecule has 26 heavy (non-hydrogen) atoms. The zero-order chi connectivity index (χ0) is 18.5. The molecule has 0 saturated heterocycles. The van der Waals surface area contributed by atoms with Crippen LogP contribution in [-0.2, 0) is 4.79 Å². The fourth-order valence-corrected chi connectivity index (χ4v) is 3.08. The van der Waals surface area contributed by atoms with Gasteiger partial charge in [-0.25, -0.2) is 4.98 Å². The molecule has 134 valence electrons. The summed E-state index contributed by atoms with van der Waals surface area (Å²) in [5.74, 6) is -0.443. The number of methoxy groups -OCH3 is 1.